The van der Waals surface area contributed by atoms with Crippen LogP contribution in [0.4, 0.5) is 0 Å². The third-order valence-electron chi connectivity index (χ3n) is 3.31. The summed E-state index contributed by atoms with van der Waals surface area (Å²) in [6.07, 6.45) is 0. The third kappa shape index (κ3) is 2.75. The zero-order chi connectivity index (χ0) is 16.3. The van der Waals surface area contributed by atoms with Gasteiger partial charge in [-0.3, -0.25) is 4.68 Å². The molecule has 0 saturated heterocycles. The number of methoxy groups -OCH3 is 3. The van der Waals surface area contributed by atoms with E-state index in [-0.39, 0.29) is 5.69 Å². The largest absolute Gasteiger partial charge is 0.496 e. The Hall–Kier alpha value is -2.54. The SMILES string of the molecule is COCc1c(OC)ccc(-c2cc(C(=O)O)nn2C)c1OC. The van der Waals surface area contributed by atoms with E-state index in [9.17, 15) is 4.79 Å². The molecule has 118 valence electrons. The fourth-order valence-electron chi connectivity index (χ4n) is 2.34. The number of hydrogen-bond acceptors (Lipinski definition) is 5. The van der Waals surface area contributed by atoms with Crippen LogP contribution in [0.3, 0.4) is 0 Å². The van der Waals surface area contributed by atoms with Crippen LogP contribution in [0.15, 0.2) is 18.2 Å². The lowest BCUT2D eigenvalue weighted by Crippen LogP contribution is -2.02. The van der Waals surface area contributed by atoms with Crippen molar-refractivity contribution in [2.75, 3.05) is 21.3 Å². The first kappa shape index (κ1) is 15.8. The smallest absolute Gasteiger partial charge is 0.356 e. The number of hydrogen-bond donors (Lipinski definition) is 1. The molecule has 1 aromatic carbocycles. The molecule has 2 rings (SSSR count). The highest BCUT2D eigenvalue weighted by atomic mass is 16.5. The van der Waals surface area contributed by atoms with Crippen LogP contribution in [-0.4, -0.2) is 42.2 Å². The quantitative estimate of drug-likeness (QED) is 0.878. The van der Waals surface area contributed by atoms with Crippen LogP contribution >= 0.6 is 0 Å². The zero-order valence-corrected chi connectivity index (χ0v) is 12.9. The standard InChI is InChI=1S/C15H18N2O5/c1-17-12(7-11(16-17)15(18)19)9-5-6-13(21-3)10(8-20-2)14(9)22-4/h5-7H,8H2,1-4H3,(H,18,19). The van der Waals surface area contributed by atoms with Crippen LogP contribution in [0.2, 0.25) is 0 Å². The lowest BCUT2D eigenvalue weighted by atomic mass is 10.0. The van der Waals surface area contributed by atoms with Gasteiger partial charge in [-0.15, -0.1) is 0 Å². The fourth-order valence-corrected chi connectivity index (χ4v) is 2.34. The summed E-state index contributed by atoms with van der Waals surface area (Å²) in [6.45, 7) is 0.309. The molecule has 1 N–H and O–H groups in total. The molecule has 0 unspecified atom stereocenters. The summed E-state index contributed by atoms with van der Waals surface area (Å²) in [7, 11) is 6.38. The van der Waals surface area contributed by atoms with Crippen LogP contribution in [-0.2, 0) is 18.4 Å². The highest BCUT2D eigenvalue weighted by molar-refractivity contribution is 5.87. The molecule has 1 heterocycles. The molecule has 0 bridgehead atoms. The van der Waals surface area contributed by atoms with E-state index >= 15 is 0 Å². The zero-order valence-electron chi connectivity index (χ0n) is 12.9. The van der Waals surface area contributed by atoms with E-state index in [4.69, 9.17) is 19.3 Å². The fraction of sp³-hybridized carbons (Fsp3) is 0.333. The third-order valence-corrected chi connectivity index (χ3v) is 3.31. The molecule has 0 saturated carbocycles. The van der Waals surface area contributed by atoms with Crippen molar-refractivity contribution in [2.24, 2.45) is 7.05 Å². The van der Waals surface area contributed by atoms with Gasteiger partial charge >= 0.3 is 5.97 Å². The number of aryl methyl sites for hydroxylation is 1. The van der Waals surface area contributed by atoms with E-state index < -0.39 is 5.97 Å². The topological polar surface area (TPSA) is 82.8 Å². The van der Waals surface area contributed by atoms with Crippen molar-refractivity contribution in [1.82, 2.24) is 9.78 Å². The molecule has 0 amide bonds. The number of carboxylic acids is 1. The lowest BCUT2D eigenvalue weighted by Gasteiger charge is -2.16. The molecule has 2 aromatic rings. The Morgan fingerprint density at radius 2 is 2.00 bits per heavy atom. The first-order valence-electron chi connectivity index (χ1n) is 6.54. The maximum atomic E-state index is 11.1. The van der Waals surface area contributed by atoms with Crippen molar-refractivity contribution in [1.29, 1.82) is 0 Å². The van der Waals surface area contributed by atoms with Gasteiger partial charge in [0.05, 0.1) is 32.1 Å². The van der Waals surface area contributed by atoms with Crippen molar-refractivity contribution in [3.63, 3.8) is 0 Å². The second-order valence-electron chi connectivity index (χ2n) is 4.60. The van der Waals surface area contributed by atoms with Gasteiger partial charge in [0.2, 0.25) is 0 Å². The molecular weight excluding hydrogens is 288 g/mol. The Morgan fingerprint density at radius 3 is 2.50 bits per heavy atom. The number of carboxylic acid groups (broad SMARTS) is 1. The van der Waals surface area contributed by atoms with E-state index in [1.165, 1.54) is 10.7 Å². The second-order valence-corrected chi connectivity index (χ2v) is 4.60. The highest BCUT2D eigenvalue weighted by Crippen LogP contribution is 2.38. The molecule has 7 nitrogen and oxygen atoms in total. The Morgan fingerprint density at radius 1 is 1.27 bits per heavy atom. The van der Waals surface area contributed by atoms with Crippen molar-refractivity contribution >= 4 is 5.97 Å². The number of rotatable bonds is 6. The Kier molecular flexibility index (Phi) is 4.67. The normalized spacial score (nSPS) is 10.5. The van der Waals surface area contributed by atoms with Crippen LogP contribution in [0.1, 0.15) is 16.1 Å². The average molecular weight is 306 g/mol. The van der Waals surface area contributed by atoms with Gasteiger partial charge in [0.1, 0.15) is 11.5 Å². The van der Waals surface area contributed by atoms with Crippen molar-refractivity contribution in [3.05, 3.63) is 29.5 Å². The maximum Gasteiger partial charge on any atom is 0.356 e. The van der Waals surface area contributed by atoms with Gasteiger partial charge in [0.25, 0.3) is 0 Å². The number of nitrogens with zero attached hydrogens (tertiary/aromatic N) is 2. The molecule has 0 atom stereocenters. The average Bonchev–Trinajstić information content (AvgIpc) is 2.89. The first-order chi connectivity index (χ1) is 10.5. The number of aromatic carboxylic acids is 1. The molecule has 0 aliphatic carbocycles. The summed E-state index contributed by atoms with van der Waals surface area (Å²) in [6, 6.07) is 5.10. The predicted octanol–water partition coefficient (Wildman–Crippen LogP) is 1.95. The van der Waals surface area contributed by atoms with Gasteiger partial charge in [0, 0.05) is 19.7 Å². The maximum absolute atomic E-state index is 11.1. The summed E-state index contributed by atoms with van der Waals surface area (Å²) < 4.78 is 17.5. The Balaban J connectivity index is 2.65. The molecule has 0 aliphatic heterocycles. The molecule has 1 aromatic heterocycles. The van der Waals surface area contributed by atoms with Gasteiger partial charge in [-0.25, -0.2) is 4.79 Å². The number of benzene rings is 1. The minimum absolute atomic E-state index is 0.0244. The molecular formula is C15H18N2O5. The summed E-state index contributed by atoms with van der Waals surface area (Å²) in [5, 5.41) is 13.0. The molecule has 0 fully saturated rings. The minimum Gasteiger partial charge on any atom is -0.496 e. The summed E-state index contributed by atoms with van der Waals surface area (Å²) >= 11 is 0. The van der Waals surface area contributed by atoms with Crippen molar-refractivity contribution in [2.45, 2.75) is 6.61 Å². The number of ether oxygens (including phenoxy) is 3. The van der Waals surface area contributed by atoms with Crippen LogP contribution in [0.25, 0.3) is 11.3 Å². The highest BCUT2D eigenvalue weighted by Gasteiger charge is 2.20. The Labute approximate surface area is 128 Å². The molecule has 0 radical (unpaired) electrons. The van der Waals surface area contributed by atoms with Gasteiger partial charge in [0.15, 0.2) is 5.69 Å². The summed E-state index contributed by atoms with van der Waals surface area (Å²) in [5.41, 5.74) is 2.08. The van der Waals surface area contributed by atoms with Crippen LogP contribution in [0.5, 0.6) is 11.5 Å². The number of aromatic nitrogens is 2. The van der Waals surface area contributed by atoms with Crippen LogP contribution < -0.4 is 9.47 Å². The van der Waals surface area contributed by atoms with Crippen molar-refractivity contribution in [3.8, 4) is 22.8 Å². The van der Waals surface area contributed by atoms with E-state index in [1.807, 2.05) is 0 Å². The van der Waals surface area contributed by atoms with Crippen molar-refractivity contribution < 1.29 is 24.1 Å². The predicted molar refractivity (Wildman–Crippen MR) is 79.4 cm³/mol. The van der Waals surface area contributed by atoms with E-state index in [1.54, 1.807) is 40.5 Å². The van der Waals surface area contributed by atoms with E-state index in [0.29, 0.717) is 23.8 Å². The molecule has 0 spiro atoms. The second kappa shape index (κ2) is 6.48. The minimum atomic E-state index is -1.08. The van der Waals surface area contributed by atoms with Gasteiger partial charge < -0.3 is 19.3 Å². The molecule has 0 aliphatic rings. The van der Waals surface area contributed by atoms with Gasteiger partial charge in [-0.1, -0.05) is 0 Å². The monoisotopic (exact) mass is 306 g/mol. The Bertz CT molecular complexity index is 693. The van der Waals surface area contributed by atoms with E-state index in [0.717, 1.165) is 11.1 Å². The first-order valence-corrected chi connectivity index (χ1v) is 6.54. The molecule has 7 heteroatoms. The van der Waals surface area contributed by atoms with E-state index in [2.05, 4.69) is 5.10 Å². The summed E-state index contributed by atoms with van der Waals surface area (Å²) in [4.78, 5) is 11.1. The lowest BCUT2D eigenvalue weighted by molar-refractivity contribution is 0.0689. The van der Waals surface area contributed by atoms with Gasteiger partial charge in [-0.2, -0.15) is 5.10 Å². The van der Waals surface area contributed by atoms with Gasteiger partial charge in [-0.05, 0) is 18.2 Å². The molecule has 22 heavy (non-hydrogen) atoms. The number of carbonyl (C=O) groups is 1. The van der Waals surface area contributed by atoms with Crippen LogP contribution in [0, 0.1) is 0 Å². The summed E-state index contributed by atoms with van der Waals surface area (Å²) in [5.74, 6) is 0.135.